The molecule has 0 bridgehead atoms. The summed E-state index contributed by atoms with van der Waals surface area (Å²) in [5.41, 5.74) is 0.939. The molecule has 98 valence electrons. The zero-order chi connectivity index (χ0) is 13.0. The summed E-state index contributed by atoms with van der Waals surface area (Å²) < 4.78 is 12.9. The average Bonchev–Trinajstić information content (AvgIpc) is 2.85. The molecule has 1 saturated carbocycles. The van der Waals surface area contributed by atoms with E-state index in [1.165, 1.54) is 37.8 Å². The van der Waals surface area contributed by atoms with Gasteiger partial charge < -0.3 is 10.2 Å². The van der Waals surface area contributed by atoms with Crippen LogP contribution in [0, 0.1) is 5.82 Å². The second-order valence-corrected chi connectivity index (χ2v) is 5.04. The number of thiocarbonyl (C=S) groups is 1. The van der Waals surface area contributed by atoms with Gasteiger partial charge in [0.25, 0.3) is 0 Å². The number of benzene rings is 1. The summed E-state index contributed by atoms with van der Waals surface area (Å²) in [6.07, 6.45) is 4.95. The van der Waals surface area contributed by atoms with Crippen LogP contribution in [0.1, 0.15) is 32.6 Å². The second-order valence-electron chi connectivity index (χ2n) is 4.65. The van der Waals surface area contributed by atoms with Crippen molar-refractivity contribution in [2.24, 2.45) is 0 Å². The van der Waals surface area contributed by atoms with E-state index in [-0.39, 0.29) is 5.82 Å². The molecule has 0 aliphatic heterocycles. The molecular weight excluding hydrogens is 247 g/mol. The number of hydrogen-bond acceptors (Lipinski definition) is 1. The van der Waals surface area contributed by atoms with Crippen LogP contribution >= 0.6 is 12.2 Å². The van der Waals surface area contributed by atoms with Gasteiger partial charge in [0, 0.05) is 18.3 Å². The number of rotatable bonds is 3. The second kappa shape index (κ2) is 6.14. The van der Waals surface area contributed by atoms with E-state index in [0.29, 0.717) is 6.04 Å². The lowest BCUT2D eigenvalue weighted by molar-refractivity contribution is 0.625. The summed E-state index contributed by atoms with van der Waals surface area (Å²) in [6, 6.07) is 6.97. The SMILES string of the molecule is CCN(C(=S)NC1CCCC1)c1ccc(F)cc1. The molecule has 0 saturated heterocycles. The van der Waals surface area contributed by atoms with Crippen molar-refractivity contribution in [3.05, 3.63) is 30.1 Å². The van der Waals surface area contributed by atoms with Gasteiger partial charge in [0.05, 0.1) is 0 Å². The fraction of sp³-hybridized carbons (Fsp3) is 0.500. The Morgan fingerprint density at radius 2 is 1.94 bits per heavy atom. The summed E-state index contributed by atoms with van der Waals surface area (Å²) in [6.45, 7) is 2.83. The number of anilines is 1. The molecule has 1 aliphatic rings. The van der Waals surface area contributed by atoms with Crippen LogP contribution < -0.4 is 10.2 Å². The van der Waals surface area contributed by atoms with Gasteiger partial charge in [0.15, 0.2) is 5.11 Å². The maximum absolute atomic E-state index is 12.9. The third-order valence-corrected chi connectivity index (χ3v) is 3.72. The lowest BCUT2D eigenvalue weighted by Crippen LogP contribution is -2.43. The van der Waals surface area contributed by atoms with Gasteiger partial charge in [-0.3, -0.25) is 0 Å². The van der Waals surface area contributed by atoms with Crippen molar-refractivity contribution in [3.63, 3.8) is 0 Å². The molecule has 2 rings (SSSR count). The van der Waals surface area contributed by atoms with E-state index in [0.717, 1.165) is 17.3 Å². The summed E-state index contributed by atoms with van der Waals surface area (Å²) in [5.74, 6) is -0.218. The highest BCUT2D eigenvalue weighted by molar-refractivity contribution is 7.80. The number of nitrogens with zero attached hydrogens (tertiary/aromatic N) is 1. The van der Waals surface area contributed by atoms with Crippen LogP contribution in [0.3, 0.4) is 0 Å². The molecule has 0 heterocycles. The molecule has 18 heavy (non-hydrogen) atoms. The number of nitrogens with one attached hydrogen (secondary N) is 1. The zero-order valence-electron chi connectivity index (χ0n) is 10.7. The molecule has 1 aliphatic carbocycles. The van der Waals surface area contributed by atoms with Gasteiger partial charge in [-0.1, -0.05) is 12.8 Å². The third-order valence-electron chi connectivity index (χ3n) is 3.38. The Morgan fingerprint density at radius 3 is 2.50 bits per heavy atom. The van der Waals surface area contributed by atoms with Crippen molar-refractivity contribution in [3.8, 4) is 0 Å². The minimum atomic E-state index is -0.218. The van der Waals surface area contributed by atoms with Crippen molar-refractivity contribution in [2.45, 2.75) is 38.6 Å². The maximum Gasteiger partial charge on any atom is 0.173 e. The van der Waals surface area contributed by atoms with Crippen LogP contribution in [0.2, 0.25) is 0 Å². The first-order valence-electron chi connectivity index (χ1n) is 6.54. The number of halogens is 1. The van der Waals surface area contributed by atoms with E-state index in [2.05, 4.69) is 5.32 Å². The van der Waals surface area contributed by atoms with Gasteiger partial charge in [-0.15, -0.1) is 0 Å². The largest absolute Gasteiger partial charge is 0.360 e. The van der Waals surface area contributed by atoms with Crippen LogP contribution in [-0.4, -0.2) is 17.7 Å². The minimum absolute atomic E-state index is 0.218. The molecule has 4 heteroatoms. The molecule has 1 aromatic rings. The molecule has 0 radical (unpaired) electrons. The van der Waals surface area contributed by atoms with E-state index in [4.69, 9.17) is 12.2 Å². The van der Waals surface area contributed by atoms with Gasteiger partial charge in [0.1, 0.15) is 5.82 Å². The van der Waals surface area contributed by atoms with Crippen molar-refractivity contribution in [2.75, 3.05) is 11.4 Å². The monoisotopic (exact) mass is 266 g/mol. The van der Waals surface area contributed by atoms with E-state index >= 15 is 0 Å². The van der Waals surface area contributed by atoms with Crippen LogP contribution in [0.5, 0.6) is 0 Å². The smallest absolute Gasteiger partial charge is 0.173 e. The fourth-order valence-electron chi connectivity index (χ4n) is 2.39. The van der Waals surface area contributed by atoms with Gasteiger partial charge in [-0.2, -0.15) is 0 Å². The summed E-state index contributed by atoms with van der Waals surface area (Å²) >= 11 is 5.45. The van der Waals surface area contributed by atoms with E-state index in [9.17, 15) is 4.39 Å². The standard InChI is InChI=1S/C14H19FN2S/c1-2-17(13-9-7-11(15)8-10-13)14(18)16-12-5-3-4-6-12/h7-10,12H,2-6H2,1H3,(H,16,18). The highest BCUT2D eigenvalue weighted by Crippen LogP contribution is 2.19. The fourth-order valence-corrected chi connectivity index (χ4v) is 2.79. The highest BCUT2D eigenvalue weighted by atomic mass is 32.1. The highest BCUT2D eigenvalue weighted by Gasteiger charge is 2.18. The van der Waals surface area contributed by atoms with E-state index < -0.39 is 0 Å². The summed E-state index contributed by atoms with van der Waals surface area (Å²) in [4.78, 5) is 2.01. The Balaban J connectivity index is 2.02. The van der Waals surface area contributed by atoms with Gasteiger partial charge in [0.2, 0.25) is 0 Å². The van der Waals surface area contributed by atoms with Crippen molar-refractivity contribution >= 4 is 23.0 Å². The van der Waals surface area contributed by atoms with E-state index in [1.807, 2.05) is 11.8 Å². The van der Waals surface area contributed by atoms with E-state index in [1.54, 1.807) is 12.1 Å². The Labute approximate surface area is 113 Å². The van der Waals surface area contributed by atoms with Crippen LogP contribution in [0.4, 0.5) is 10.1 Å². The van der Waals surface area contributed by atoms with Crippen LogP contribution in [0.25, 0.3) is 0 Å². The predicted octanol–water partition coefficient (Wildman–Crippen LogP) is 3.47. The Morgan fingerprint density at radius 1 is 1.33 bits per heavy atom. The van der Waals surface area contributed by atoms with Crippen molar-refractivity contribution < 1.29 is 4.39 Å². The first-order chi connectivity index (χ1) is 8.70. The molecule has 1 aromatic carbocycles. The minimum Gasteiger partial charge on any atom is -0.360 e. The van der Waals surface area contributed by atoms with Gasteiger partial charge >= 0.3 is 0 Å². The number of hydrogen-bond donors (Lipinski definition) is 1. The molecule has 0 atom stereocenters. The molecular formula is C14H19FN2S. The van der Waals surface area contributed by atoms with Crippen molar-refractivity contribution in [1.82, 2.24) is 5.32 Å². The van der Waals surface area contributed by atoms with Crippen LogP contribution in [-0.2, 0) is 0 Å². The maximum atomic E-state index is 12.9. The Bertz CT molecular complexity index is 399. The van der Waals surface area contributed by atoms with Crippen LogP contribution in [0.15, 0.2) is 24.3 Å². The van der Waals surface area contributed by atoms with Gasteiger partial charge in [-0.05, 0) is 56.2 Å². The molecule has 1 fully saturated rings. The lowest BCUT2D eigenvalue weighted by atomic mass is 10.2. The van der Waals surface area contributed by atoms with Gasteiger partial charge in [-0.25, -0.2) is 4.39 Å². The lowest BCUT2D eigenvalue weighted by Gasteiger charge is -2.26. The first-order valence-corrected chi connectivity index (χ1v) is 6.95. The van der Waals surface area contributed by atoms with Crippen molar-refractivity contribution in [1.29, 1.82) is 0 Å². The molecule has 1 N–H and O–H groups in total. The average molecular weight is 266 g/mol. The molecule has 0 amide bonds. The first kappa shape index (κ1) is 13.3. The predicted molar refractivity (Wildman–Crippen MR) is 77.4 cm³/mol. The zero-order valence-corrected chi connectivity index (χ0v) is 11.5. The summed E-state index contributed by atoms with van der Waals surface area (Å²) in [7, 11) is 0. The Kier molecular flexibility index (Phi) is 4.53. The normalized spacial score (nSPS) is 15.7. The Hall–Kier alpha value is -1.16. The summed E-state index contributed by atoms with van der Waals surface area (Å²) in [5, 5.41) is 4.15. The molecule has 0 unspecified atom stereocenters. The molecule has 0 aromatic heterocycles. The topological polar surface area (TPSA) is 15.3 Å². The molecule has 0 spiro atoms. The third kappa shape index (κ3) is 3.19. The quantitative estimate of drug-likeness (QED) is 0.843. The molecule has 2 nitrogen and oxygen atoms in total.